The van der Waals surface area contributed by atoms with Crippen molar-refractivity contribution in [1.29, 1.82) is 0 Å². The van der Waals surface area contributed by atoms with Crippen molar-refractivity contribution < 1.29 is 48.0 Å². The van der Waals surface area contributed by atoms with E-state index in [0.717, 1.165) is 0 Å². The first-order chi connectivity index (χ1) is 18.5. The molecule has 0 N–H and O–H groups in total. The van der Waals surface area contributed by atoms with Gasteiger partial charge >= 0.3 is 255 Å². The van der Waals surface area contributed by atoms with Crippen molar-refractivity contribution in [1.82, 2.24) is 0 Å². The van der Waals surface area contributed by atoms with Gasteiger partial charge in [-0.2, -0.15) is 0 Å². The zero-order chi connectivity index (χ0) is 25.4. The van der Waals surface area contributed by atoms with Crippen LogP contribution in [0.2, 0.25) is 0 Å². The molecule has 5 aliphatic rings. The molecule has 9 rings (SSSR count). The fraction of sp³-hybridized carbons (Fsp3) is 0.125. The summed E-state index contributed by atoms with van der Waals surface area (Å²) in [5.41, 5.74) is 8.70. The monoisotopic (exact) mass is 782 g/mol. The van der Waals surface area contributed by atoms with Crippen LogP contribution in [0.1, 0.15) is 11.1 Å². The van der Waals surface area contributed by atoms with E-state index in [1.54, 1.807) is 6.54 Å². The van der Waals surface area contributed by atoms with Gasteiger partial charge in [-0.05, 0) is 0 Å². The van der Waals surface area contributed by atoms with Gasteiger partial charge in [-0.3, -0.25) is 0 Å². The van der Waals surface area contributed by atoms with E-state index in [1.165, 1.54) is 73.3 Å². The number of halogens is 4. The summed E-state index contributed by atoms with van der Waals surface area (Å²) in [6, 6.07) is 23.9. The molecule has 2 aliphatic carbocycles. The molecule has 0 aromatic heterocycles. The number of hydrogen-bond donors (Lipinski definition) is 0. The van der Waals surface area contributed by atoms with Crippen molar-refractivity contribution in [2.24, 2.45) is 0 Å². The average molecular weight is 787 g/mol. The molecule has 2 atom stereocenters. The number of benzene rings is 4. The maximum atomic E-state index is 3.89. The smallest absolute Gasteiger partial charge is 1.00 e. The largest absolute Gasteiger partial charge is 1.00 e. The summed E-state index contributed by atoms with van der Waals surface area (Å²) in [5.74, 6) is 0. The summed E-state index contributed by atoms with van der Waals surface area (Å²) in [5, 5.41) is 5.62. The molecule has 0 spiro atoms. The predicted octanol–water partition coefficient (Wildman–Crippen LogP) is -2.66. The summed E-state index contributed by atoms with van der Waals surface area (Å²) < 4.78 is 5.48. The maximum Gasteiger partial charge on any atom is -1.00 e. The molecule has 0 amide bonds. The first-order valence-electron chi connectivity index (χ1n) is 12.8. The van der Waals surface area contributed by atoms with Gasteiger partial charge in [0, 0.05) is 0 Å². The molecule has 8 bridgehead atoms. The van der Waals surface area contributed by atoms with E-state index in [4.69, 9.17) is 0 Å². The average Bonchev–Trinajstić information content (AvgIpc) is 3.60. The van der Waals surface area contributed by atoms with Gasteiger partial charge in [-0.1, -0.05) is 0 Å². The Labute approximate surface area is 277 Å². The number of anilines is 2. The summed E-state index contributed by atoms with van der Waals surface area (Å²) in [6.45, 7) is 0. The molecule has 0 saturated heterocycles. The van der Waals surface area contributed by atoms with Crippen molar-refractivity contribution in [3.05, 3.63) is 102 Å². The Kier molecular flexibility index (Phi) is 6.63. The van der Waals surface area contributed by atoms with E-state index < -0.39 is 23.2 Å². The third kappa shape index (κ3) is 3.56. The van der Waals surface area contributed by atoms with Crippen LogP contribution in [0.3, 0.4) is 0 Å². The Morgan fingerprint density at radius 2 is 1.12 bits per heavy atom. The van der Waals surface area contributed by atoms with E-state index in [0.29, 0.717) is 0 Å². The molecule has 0 radical (unpaired) electrons. The molecule has 40 heavy (non-hydrogen) atoms. The Hall–Kier alpha value is -1.27. The fourth-order valence-electron chi connectivity index (χ4n) is 7.12. The van der Waals surface area contributed by atoms with E-state index >= 15 is 0 Å². The van der Waals surface area contributed by atoms with Crippen LogP contribution in [-0.4, -0.2) is 26.2 Å². The number of likely N-dealkylation sites (N-methyl/N-ethyl adjacent to an activating group) is 2. The third-order valence-electron chi connectivity index (χ3n) is 8.74. The zero-order valence-electron chi connectivity index (χ0n) is 21.4. The van der Waals surface area contributed by atoms with Gasteiger partial charge < -0.3 is 24.8 Å². The molecule has 0 fully saturated rings. The van der Waals surface area contributed by atoms with Crippen molar-refractivity contribution in [2.45, 2.75) is 21.9 Å². The van der Waals surface area contributed by atoms with Crippen molar-refractivity contribution >= 4 is 84.8 Å². The Morgan fingerprint density at radius 1 is 0.675 bits per heavy atom. The molecule has 0 saturated carbocycles. The third-order valence-corrected chi connectivity index (χ3v) is 14.1. The van der Waals surface area contributed by atoms with Crippen LogP contribution in [0.15, 0.2) is 79.4 Å². The van der Waals surface area contributed by atoms with Crippen LogP contribution in [0, 0.1) is 0 Å². The first-order valence-corrected chi connectivity index (χ1v) is 17.6. The number of rotatable bonds is 0. The van der Waals surface area contributed by atoms with Crippen molar-refractivity contribution in [3.63, 3.8) is 0 Å². The summed E-state index contributed by atoms with van der Waals surface area (Å²) in [6.07, 6.45) is 5.02. The Morgan fingerprint density at radius 3 is 1.57 bits per heavy atom. The summed E-state index contributed by atoms with van der Waals surface area (Å²) >= 11 is 8.51. The van der Waals surface area contributed by atoms with Crippen LogP contribution in [0.5, 0.6) is 0 Å². The van der Waals surface area contributed by atoms with Gasteiger partial charge in [0.25, 0.3) is 0 Å². The van der Waals surface area contributed by atoms with Crippen LogP contribution < -0.4 is 62.0 Å². The minimum absolute atomic E-state index is 0. The molecule has 2 nitrogen and oxygen atoms in total. The van der Waals surface area contributed by atoms with E-state index in [9.17, 15) is 0 Å². The minimum Gasteiger partial charge on any atom is -1.00 e. The van der Waals surface area contributed by atoms with Gasteiger partial charge in [0.15, 0.2) is 0 Å². The van der Waals surface area contributed by atoms with Crippen LogP contribution in [-0.2, 0) is 23.2 Å². The quantitative estimate of drug-likeness (QED) is 0.193. The van der Waals surface area contributed by atoms with Gasteiger partial charge in [-0.25, -0.2) is 0 Å². The molecule has 3 aliphatic heterocycles. The Bertz CT molecular complexity index is 1930. The first kappa shape index (κ1) is 27.6. The molecular weight excluding hydrogens is 766 g/mol. The fourth-order valence-corrected chi connectivity index (χ4v) is 13.9. The van der Waals surface area contributed by atoms with Crippen molar-refractivity contribution in [3.8, 4) is 0 Å². The number of hydrogen-bond acceptors (Lipinski definition) is 3. The maximum absolute atomic E-state index is 3.89. The zero-order valence-corrected chi connectivity index (χ0v) is 29.4. The van der Waals surface area contributed by atoms with Gasteiger partial charge in [-0.15, -0.1) is 0 Å². The second kappa shape index (κ2) is 9.62. The van der Waals surface area contributed by atoms with Gasteiger partial charge in [0.2, 0.25) is 0 Å². The van der Waals surface area contributed by atoms with Gasteiger partial charge in [0.05, 0.1) is 0 Å². The topological polar surface area (TPSA) is 6.48 Å². The van der Waals surface area contributed by atoms with E-state index in [2.05, 4.69) is 129 Å². The second-order valence-corrected chi connectivity index (χ2v) is 16.8. The van der Waals surface area contributed by atoms with Gasteiger partial charge in [0.1, 0.15) is 0 Å². The number of nitrogens with zero attached hydrogens (tertiary/aromatic N) is 2. The van der Waals surface area contributed by atoms with E-state index in [-0.39, 0.29) is 36.9 Å². The molecule has 2 unspecified atom stereocenters. The standard InChI is InChI=1S/C32H20Br2N2S.2ClH.Zr/c1-35-25-13-17(33)9-11-21(25)31-19-5-3-7-29(23(19)15-27(31)35)37-30-8-4-6-20-24(30)16-28-32(20)22-12-10-18(34)14-26(22)36(28)2;;;/h3-10,13-16,27-28H,1-2H3;2*1H;/q;;;+2/p-2. The van der Waals surface area contributed by atoms with Crippen molar-refractivity contribution in [2.75, 3.05) is 23.9 Å². The second-order valence-electron chi connectivity index (χ2n) is 10.6. The normalized spacial score (nSPS) is 19.2. The minimum atomic E-state index is -1.20. The molecule has 196 valence electrons. The molecule has 3 heterocycles. The van der Waals surface area contributed by atoms with E-state index in [1.807, 2.05) is 11.8 Å². The molecular formula is C32H20Br2Cl2N2SZr. The Balaban J connectivity index is 0.00000132. The molecule has 4 aromatic carbocycles. The predicted molar refractivity (Wildman–Crippen MR) is 161 cm³/mol. The van der Waals surface area contributed by atoms with Crippen LogP contribution in [0.25, 0.3) is 23.3 Å². The molecule has 4 aromatic rings. The van der Waals surface area contributed by atoms with Crippen LogP contribution in [0.4, 0.5) is 11.4 Å². The summed E-state index contributed by atoms with van der Waals surface area (Å²) in [7, 11) is 4.53. The summed E-state index contributed by atoms with van der Waals surface area (Å²) in [4.78, 5) is 7.70. The molecule has 8 heteroatoms. The van der Waals surface area contributed by atoms with Crippen LogP contribution >= 0.6 is 43.6 Å². The SMILES string of the molecule is CN1c2cc(Br)c[c]3c2C2=c4cccc(c4=CC21)Sc1cccc2c1=CC1C=2c2[c](cc(Br)cc2N1C)[Zr+2]3.[Cl-].[Cl-].